The molecule has 0 aliphatic carbocycles. The van der Waals surface area contributed by atoms with Gasteiger partial charge in [-0.2, -0.15) is 0 Å². The van der Waals surface area contributed by atoms with Crippen molar-refractivity contribution in [2.45, 2.75) is 32.6 Å². The van der Waals surface area contributed by atoms with Crippen LogP contribution in [0.25, 0.3) is 0 Å². The molecule has 0 spiro atoms. The summed E-state index contributed by atoms with van der Waals surface area (Å²) in [6, 6.07) is 2.04. The van der Waals surface area contributed by atoms with Crippen molar-refractivity contribution in [2.75, 3.05) is 12.8 Å². The Bertz CT molecular complexity index is 346. The van der Waals surface area contributed by atoms with E-state index in [0.717, 1.165) is 24.6 Å². The zero-order valence-electron chi connectivity index (χ0n) is 9.79. The maximum absolute atomic E-state index is 11.1. The molecule has 1 aromatic rings. The van der Waals surface area contributed by atoms with Crippen molar-refractivity contribution in [3.8, 4) is 0 Å². The average molecular weight is 229 g/mol. The Morgan fingerprint density at radius 1 is 1.53 bits per heavy atom. The van der Waals surface area contributed by atoms with Crippen LogP contribution in [0, 0.1) is 13.8 Å². The van der Waals surface area contributed by atoms with E-state index in [4.69, 9.17) is 4.42 Å². The van der Waals surface area contributed by atoms with E-state index >= 15 is 0 Å². The number of aryl methyl sites for hydroxylation is 2. The monoisotopic (exact) mass is 229 g/mol. The van der Waals surface area contributed by atoms with Crippen molar-refractivity contribution in [2.24, 2.45) is 0 Å². The summed E-state index contributed by atoms with van der Waals surface area (Å²) in [6.45, 7) is 7.44. The lowest BCUT2D eigenvalue weighted by molar-refractivity contribution is 0.499. The first kappa shape index (κ1) is 12.5. The zero-order chi connectivity index (χ0) is 11.4. The minimum Gasteiger partial charge on any atom is -0.466 e. The quantitative estimate of drug-likeness (QED) is 0.836. The summed E-state index contributed by atoms with van der Waals surface area (Å²) in [5, 5.41) is 3.48. The summed E-state index contributed by atoms with van der Waals surface area (Å²) < 4.78 is 16.5. The van der Waals surface area contributed by atoms with Crippen LogP contribution in [0.3, 0.4) is 0 Å². The van der Waals surface area contributed by atoms with Crippen molar-refractivity contribution in [3.63, 3.8) is 0 Å². The molecule has 0 aliphatic rings. The first-order valence-corrected chi connectivity index (χ1v) is 6.71. The van der Waals surface area contributed by atoms with Crippen molar-refractivity contribution < 1.29 is 8.63 Å². The van der Waals surface area contributed by atoms with Crippen LogP contribution >= 0.6 is 0 Å². The molecule has 1 rings (SSSR count). The van der Waals surface area contributed by atoms with Gasteiger partial charge < -0.3 is 9.73 Å². The topological polar surface area (TPSA) is 42.2 Å². The minimum atomic E-state index is -0.754. The standard InChI is InChI=1S/C11H19NO2S/c1-8-5-11(10(3)14-8)7-12-6-9(2)15(4)13/h5,9,12H,6-7H2,1-4H3. The summed E-state index contributed by atoms with van der Waals surface area (Å²) in [5.41, 5.74) is 1.18. The Morgan fingerprint density at radius 2 is 2.20 bits per heavy atom. The van der Waals surface area contributed by atoms with Crippen LogP contribution in [-0.2, 0) is 17.3 Å². The Balaban J connectivity index is 2.38. The van der Waals surface area contributed by atoms with Gasteiger partial charge in [0, 0.05) is 41.0 Å². The second kappa shape index (κ2) is 5.47. The van der Waals surface area contributed by atoms with E-state index in [9.17, 15) is 4.21 Å². The van der Waals surface area contributed by atoms with Gasteiger partial charge in [-0.3, -0.25) is 4.21 Å². The number of rotatable bonds is 5. The first-order valence-electron chi connectivity index (χ1n) is 5.09. The summed E-state index contributed by atoms with van der Waals surface area (Å²) in [7, 11) is -0.754. The highest BCUT2D eigenvalue weighted by atomic mass is 32.2. The molecule has 0 saturated carbocycles. The van der Waals surface area contributed by atoms with E-state index in [-0.39, 0.29) is 5.25 Å². The number of hydrogen-bond acceptors (Lipinski definition) is 3. The van der Waals surface area contributed by atoms with Gasteiger partial charge in [0.15, 0.2) is 0 Å². The summed E-state index contributed by atoms with van der Waals surface area (Å²) >= 11 is 0. The molecule has 0 fully saturated rings. The normalized spacial score (nSPS) is 15.2. The van der Waals surface area contributed by atoms with Gasteiger partial charge in [-0.1, -0.05) is 0 Å². The molecule has 0 radical (unpaired) electrons. The van der Waals surface area contributed by atoms with Gasteiger partial charge in [0.1, 0.15) is 11.5 Å². The predicted molar refractivity (Wildman–Crippen MR) is 63.4 cm³/mol. The smallest absolute Gasteiger partial charge is 0.105 e. The van der Waals surface area contributed by atoms with Gasteiger partial charge in [-0.25, -0.2) is 0 Å². The van der Waals surface area contributed by atoms with Gasteiger partial charge in [0.25, 0.3) is 0 Å². The largest absolute Gasteiger partial charge is 0.466 e. The number of hydrogen-bond donors (Lipinski definition) is 1. The highest BCUT2D eigenvalue weighted by molar-refractivity contribution is 7.84. The Hall–Kier alpha value is -0.610. The predicted octanol–water partition coefficient (Wildman–Crippen LogP) is 1.75. The molecule has 0 aliphatic heterocycles. The molecule has 4 heteroatoms. The minimum absolute atomic E-state index is 0.193. The van der Waals surface area contributed by atoms with Gasteiger partial charge in [0.2, 0.25) is 0 Å². The van der Waals surface area contributed by atoms with E-state index in [1.54, 1.807) is 6.26 Å². The second-order valence-corrected chi connectivity index (χ2v) is 5.68. The Morgan fingerprint density at radius 3 is 2.67 bits per heavy atom. The lowest BCUT2D eigenvalue weighted by Crippen LogP contribution is -2.27. The van der Waals surface area contributed by atoms with Crippen LogP contribution in [0.4, 0.5) is 0 Å². The van der Waals surface area contributed by atoms with Gasteiger partial charge in [-0.15, -0.1) is 0 Å². The average Bonchev–Trinajstić information content (AvgIpc) is 2.45. The highest BCUT2D eigenvalue weighted by Gasteiger charge is 2.07. The van der Waals surface area contributed by atoms with Gasteiger partial charge in [-0.05, 0) is 26.8 Å². The lowest BCUT2D eigenvalue weighted by Gasteiger charge is -2.08. The maximum Gasteiger partial charge on any atom is 0.105 e. The third kappa shape index (κ3) is 3.80. The van der Waals surface area contributed by atoms with E-state index in [1.807, 2.05) is 26.8 Å². The molecule has 1 aromatic heterocycles. The van der Waals surface area contributed by atoms with Gasteiger partial charge in [0.05, 0.1) is 0 Å². The summed E-state index contributed by atoms with van der Waals surface area (Å²) in [5.74, 6) is 1.90. The van der Waals surface area contributed by atoms with Gasteiger partial charge >= 0.3 is 0 Å². The molecule has 0 saturated heterocycles. The van der Waals surface area contributed by atoms with Crippen LogP contribution in [-0.4, -0.2) is 22.3 Å². The van der Waals surface area contributed by atoms with Crippen molar-refractivity contribution in [3.05, 3.63) is 23.2 Å². The molecule has 86 valence electrons. The van der Waals surface area contributed by atoms with Crippen molar-refractivity contribution >= 4 is 10.8 Å². The summed E-state index contributed by atoms with van der Waals surface area (Å²) in [6.07, 6.45) is 1.74. The molecule has 2 unspecified atom stereocenters. The van der Waals surface area contributed by atoms with E-state index in [1.165, 1.54) is 5.56 Å². The molecule has 0 amide bonds. The van der Waals surface area contributed by atoms with Crippen LogP contribution in [0.1, 0.15) is 24.0 Å². The van der Waals surface area contributed by atoms with Crippen LogP contribution in [0.15, 0.2) is 10.5 Å². The van der Waals surface area contributed by atoms with E-state index < -0.39 is 10.8 Å². The second-order valence-electron chi connectivity index (χ2n) is 3.88. The SMILES string of the molecule is Cc1cc(CNCC(C)S(C)=O)c(C)o1. The third-order valence-corrected chi connectivity index (χ3v) is 3.76. The zero-order valence-corrected chi connectivity index (χ0v) is 10.6. The first-order chi connectivity index (χ1) is 7.00. The number of furan rings is 1. The van der Waals surface area contributed by atoms with Crippen molar-refractivity contribution in [1.29, 1.82) is 0 Å². The Labute approximate surface area is 93.7 Å². The number of nitrogens with one attached hydrogen (secondary N) is 1. The molecule has 15 heavy (non-hydrogen) atoms. The van der Waals surface area contributed by atoms with E-state index in [0.29, 0.717) is 0 Å². The fraction of sp³-hybridized carbons (Fsp3) is 0.636. The molecule has 0 aromatic carbocycles. The highest BCUT2D eigenvalue weighted by Crippen LogP contribution is 2.12. The van der Waals surface area contributed by atoms with Crippen LogP contribution in [0.5, 0.6) is 0 Å². The molecule has 3 nitrogen and oxygen atoms in total. The molecule has 1 N–H and O–H groups in total. The Kier molecular flexibility index (Phi) is 4.54. The van der Waals surface area contributed by atoms with E-state index in [2.05, 4.69) is 5.32 Å². The summed E-state index contributed by atoms with van der Waals surface area (Å²) in [4.78, 5) is 0. The lowest BCUT2D eigenvalue weighted by atomic mass is 10.2. The van der Waals surface area contributed by atoms with Crippen LogP contribution in [0.2, 0.25) is 0 Å². The van der Waals surface area contributed by atoms with Crippen LogP contribution < -0.4 is 5.32 Å². The molecule has 2 atom stereocenters. The van der Waals surface area contributed by atoms with Crippen molar-refractivity contribution in [1.82, 2.24) is 5.32 Å². The third-order valence-electron chi connectivity index (χ3n) is 2.46. The maximum atomic E-state index is 11.1. The molecular weight excluding hydrogens is 210 g/mol. The fourth-order valence-electron chi connectivity index (χ4n) is 1.39. The fourth-order valence-corrected chi connectivity index (χ4v) is 1.74. The molecule has 0 bridgehead atoms. The molecule has 1 heterocycles. The molecular formula is C11H19NO2S.